The molecule has 0 radical (unpaired) electrons. The monoisotopic (exact) mass is 338 g/mol. The standard InChI is InChI=1S/C16H22N2O2S2/c1-13-14(2)21-16(18-13)10-11-17-22(19,20)12-6-9-15-7-4-3-5-8-15/h3-5,7-8,17H,6,9-12H2,1-2H3. The summed E-state index contributed by atoms with van der Waals surface area (Å²) < 4.78 is 26.6. The summed E-state index contributed by atoms with van der Waals surface area (Å²) >= 11 is 1.63. The average molecular weight is 338 g/mol. The Morgan fingerprint density at radius 1 is 1.14 bits per heavy atom. The van der Waals surface area contributed by atoms with Crippen molar-refractivity contribution in [2.75, 3.05) is 12.3 Å². The molecular formula is C16H22N2O2S2. The molecule has 22 heavy (non-hydrogen) atoms. The van der Waals surface area contributed by atoms with Gasteiger partial charge in [-0.05, 0) is 32.3 Å². The van der Waals surface area contributed by atoms with Crippen molar-refractivity contribution in [3.05, 3.63) is 51.5 Å². The van der Waals surface area contributed by atoms with E-state index in [2.05, 4.69) is 9.71 Å². The predicted molar refractivity (Wildman–Crippen MR) is 91.8 cm³/mol. The van der Waals surface area contributed by atoms with Crippen LogP contribution in [0.4, 0.5) is 0 Å². The summed E-state index contributed by atoms with van der Waals surface area (Å²) in [5.41, 5.74) is 2.21. The van der Waals surface area contributed by atoms with Gasteiger partial charge < -0.3 is 0 Å². The molecule has 2 rings (SSSR count). The van der Waals surface area contributed by atoms with Gasteiger partial charge in [0.1, 0.15) is 0 Å². The number of rotatable bonds is 8. The fourth-order valence-electron chi connectivity index (χ4n) is 2.14. The summed E-state index contributed by atoms with van der Waals surface area (Å²) in [6.45, 7) is 4.42. The Morgan fingerprint density at radius 2 is 1.86 bits per heavy atom. The van der Waals surface area contributed by atoms with Crippen molar-refractivity contribution in [1.82, 2.24) is 9.71 Å². The van der Waals surface area contributed by atoms with Crippen molar-refractivity contribution < 1.29 is 8.42 Å². The number of benzene rings is 1. The lowest BCUT2D eigenvalue weighted by atomic mass is 10.1. The van der Waals surface area contributed by atoms with Crippen LogP contribution in [-0.2, 0) is 22.9 Å². The molecule has 6 heteroatoms. The fourth-order valence-corrected chi connectivity index (χ4v) is 4.16. The van der Waals surface area contributed by atoms with Gasteiger partial charge in [-0.2, -0.15) is 0 Å². The molecule has 1 N–H and O–H groups in total. The lowest BCUT2D eigenvalue weighted by Crippen LogP contribution is -2.28. The normalized spacial score (nSPS) is 11.7. The van der Waals surface area contributed by atoms with Gasteiger partial charge in [0.05, 0.1) is 16.5 Å². The maximum Gasteiger partial charge on any atom is 0.211 e. The second-order valence-electron chi connectivity index (χ2n) is 5.30. The Kier molecular flexibility index (Phi) is 6.11. The topological polar surface area (TPSA) is 59.1 Å². The quantitative estimate of drug-likeness (QED) is 0.805. The Hall–Kier alpha value is -1.24. The van der Waals surface area contributed by atoms with Crippen LogP contribution in [0.2, 0.25) is 0 Å². The fraction of sp³-hybridized carbons (Fsp3) is 0.438. The molecule has 0 aliphatic carbocycles. The molecule has 0 spiro atoms. The molecule has 0 aliphatic rings. The Balaban J connectivity index is 1.72. The predicted octanol–water partition coefficient (Wildman–Crippen LogP) is 2.85. The van der Waals surface area contributed by atoms with E-state index in [1.54, 1.807) is 11.3 Å². The number of aromatic nitrogens is 1. The zero-order valence-electron chi connectivity index (χ0n) is 13.0. The number of hydrogen-bond acceptors (Lipinski definition) is 4. The lowest BCUT2D eigenvalue weighted by Gasteiger charge is -2.06. The van der Waals surface area contributed by atoms with E-state index in [0.717, 1.165) is 17.1 Å². The molecule has 0 aliphatic heterocycles. The van der Waals surface area contributed by atoms with E-state index in [0.29, 0.717) is 19.4 Å². The zero-order valence-corrected chi connectivity index (χ0v) is 14.6. The molecule has 0 amide bonds. The SMILES string of the molecule is Cc1nc(CCNS(=O)(=O)CCCc2ccccc2)sc1C. The van der Waals surface area contributed by atoms with Gasteiger partial charge >= 0.3 is 0 Å². The molecule has 0 saturated heterocycles. The van der Waals surface area contributed by atoms with Gasteiger partial charge in [-0.1, -0.05) is 30.3 Å². The maximum atomic E-state index is 12.0. The summed E-state index contributed by atoms with van der Waals surface area (Å²) in [5.74, 6) is 0.165. The van der Waals surface area contributed by atoms with Gasteiger partial charge in [0.2, 0.25) is 10.0 Å². The summed E-state index contributed by atoms with van der Waals surface area (Å²) in [6, 6.07) is 9.95. The van der Waals surface area contributed by atoms with Gasteiger partial charge in [-0.25, -0.2) is 18.1 Å². The minimum Gasteiger partial charge on any atom is -0.246 e. The van der Waals surface area contributed by atoms with E-state index < -0.39 is 10.0 Å². The number of aryl methyl sites for hydroxylation is 3. The van der Waals surface area contributed by atoms with Crippen molar-refractivity contribution in [3.63, 3.8) is 0 Å². The molecule has 0 unspecified atom stereocenters. The maximum absolute atomic E-state index is 12.0. The molecule has 4 nitrogen and oxygen atoms in total. The van der Waals surface area contributed by atoms with Gasteiger partial charge in [0, 0.05) is 17.8 Å². The second kappa shape index (κ2) is 7.85. The zero-order chi connectivity index (χ0) is 16.0. The Labute approximate surface area is 136 Å². The van der Waals surface area contributed by atoms with Crippen LogP contribution in [-0.4, -0.2) is 25.7 Å². The first kappa shape index (κ1) is 17.1. The van der Waals surface area contributed by atoms with E-state index in [4.69, 9.17) is 0 Å². The largest absolute Gasteiger partial charge is 0.246 e. The first-order valence-electron chi connectivity index (χ1n) is 7.40. The highest BCUT2D eigenvalue weighted by Gasteiger charge is 2.10. The van der Waals surface area contributed by atoms with E-state index in [9.17, 15) is 8.42 Å². The van der Waals surface area contributed by atoms with E-state index in [1.807, 2.05) is 44.2 Å². The number of nitrogens with one attached hydrogen (secondary N) is 1. The third-order valence-electron chi connectivity index (χ3n) is 3.46. The lowest BCUT2D eigenvalue weighted by molar-refractivity contribution is 0.578. The summed E-state index contributed by atoms with van der Waals surface area (Å²) in [5, 5.41) is 0.988. The van der Waals surface area contributed by atoms with Crippen LogP contribution in [0.15, 0.2) is 30.3 Å². The molecule has 0 fully saturated rings. The van der Waals surface area contributed by atoms with Crippen LogP contribution in [0.3, 0.4) is 0 Å². The van der Waals surface area contributed by atoms with Crippen molar-refractivity contribution >= 4 is 21.4 Å². The molecule has 0 bridgehead atoms. The van der Waals surface area contributed by atoms with Crippen molar-refractivity contribution in [3.8, 4) is 0 Å². The molecule has 2 aromatic rings. The highest BCUT2D eigenvalue weighted by Crippen LogP contribution is 2.16. The first-order chi connectivity index (χ1) is 10.5. The minimum atomic E-state index is -3.20. The number of thiazole rings is 1. The van der Waals surface area contributed by atoms with Crippen LogP contribution in [0.25, 0.3) is 0 Å². The molecule has 1 aromatic carbocycles. The third kappa shape index (κ3) is 5.51. The van der Waals surface area contributed by atoms with Gasteiger partial charge in [-0.3, -0.25) is 0 Å². The van der Waals surface area contributed by atoms with Gasteiger partial charge in [0.15, 0.2) is 0 Å². The van der Waals surface area contributed by atoms with E-state index >= 15 is 0 Å². The average Bonchev–Trinajstić information content (AvgIpc) is 2.78. The highest BCUT2D eigenvalue weighted by molar-refractivity contribution is 7.89. The molecule has 120 valence electrons. The van der Waals surface area contributed by atoms with E-state index in [-0.39, 0.29) is 5.75 Å². The molecule has 0 saturated carbocycles. The highest BCUT2D eigenvalue weighted by atomic mass is 32.2. The second-order valence-corrected chi connectivity index (χ2v) is 8.52. The van der Waals surface area contributed by atoms with E-state index in [1.165, 1.54) is 10.4 Å². The molecule has 1 heterocycles. The van der Waals surface area contributed by atoms with Gasteiger partial charge in [0.25, 0.3) is 0 Å². The molecular weight excluding hydrogens is 316 g/mol. The van der Waals surface area contributed by atoms with Crippen LogP contribution < -0.4 is 4.72 Å². The molecule has 1 aromatic heterocycles. The third-order valence-corrected chi connectivity index (χ3v) is 6.06. The van der Waals surface area contributed by atoms with Gasteiger partial charge in [-0.15, -0.1) is 11.3 Å². The number of hydrogen-bond donors (Lipinski definition) is 1. The Bertz CT molecular complexity index is 675. The number of nitrogens with zero attached hydrogens (tertiary/aromatic N) is 1. The Morgan fingerprint density at radius 3 is 2.50 bits per heavy atom. The van der Waals surface area contributed by atoms with Crippen LogP contribution in [0.1, 0.15) is 27.6 Å². The van der Waals surface area contributed by atoms with Crippen molar-refractivity contribution in [1.29, 1.82) is 0 Å². The summed E-state index contributed by atoms with van der Waals surface area (Å²) in [7, 11) is -3.20. The molecule has 0 atom stereocenters. The minimum absolute atomic E-state index is 0.165. The summed E-state index contributed by atoms with van der Waals surface area (Å²) in [4.78, 5) is 5.61. The number of sulfonamides is 1. The smallest absolute Gasteiger partial charge is 0.211 e. The summed E-state index contributed by atoms with van der Waals surface area (Å²) in [6.07, 6.45) is 2.07. The van der Waals surface area contributed by atoms with Crippen molar-refractivity contribution in [2.45, 2.75) is 33.1 Å². The first-order valence-corrected chi connectivity index (χ1v) is 9.87. The van der Waals surface area contributed by atoms with Crippen molar-refractivity contribution in [2.24, 2.45) is 0 Å². The van der Waals surface area contributed by atoms with Crippen LogP contribution >= 0.6 is 11.3 Å². The van der Waals surface area contributed by atoms with Crippen LogP contribution in [0, 0.1) is 13.8 Å². The van der Waals surface area contributed by atoms with Crippen LogP contribution in [0.5, 0.6) is 0 Å².